The molecular weight excluding hydrogens is 278 g/mol. The molecule has 0 spiro atoms. The van der Waals surface area contributed by atoms with Gasteiger partial charge in [0.2, 0.25) is 10.0 Å². The van der Waals surface area contributed by atoms with Crippen molar-refractivity contribution in [1.29, 1.82) is 0 Å². The molecule has 1 aromatic carbocycles. The van der Waals surface area contributed by atoms with Gasteiger partial charge in [0.25, 0.3) is 5.91 Å². The van der Waals surface area contributed by atoms with Crippen molar-refractivity contribution in [2.45, 2.75) is 17.9 Å². The minimum absolute atomic E-state index is 0.149. The van der Waals surface area contributed by atoms with Crippen LogP contribution in [0.3, 0.4) is 0 Å². The van der Waals surface area contributed by atoms with Crippen LogP contribution in [0.2, 0.25) is 0 Å². The molecule has 0 radical (unpaired) electrons. The molecule has 0 saturated carbocycles. The van der Waals surface area contributed by atoms with Crippen LogP contribution in [0.1, 0.15) is 17.3 Å². The Labute approximate surface area is 120 Å². The fourth-order valence-electron chi connectivity index (χ4n) is 1.58. The Kier molecular flexibility index (Phi) is 5.27. The molecule has 1 unspecified atom stereocenters. The van der Waals surface area contributed by atoms with Gasteiger partial charge in [-0.05, 0) is 31.2 Å². The summed E-state index contributed by atoms with van der Waals surface area (Å²) in [7, 11) is 1.19. The molecular formula is C13H21N3O3S. The van der Waals surface area contributed by atoms with E-state index in [0.717, 1.165) is 0 Å². The van der Waals surface area contributed by atoms with Gasteiger partial charge in [0.15, 0.2) is 0 Å². The first-order valence-electron chi connectivity index (χ1n) is 6.21. The summed E-state index contributed by atoms with van der Waals surface area (Å²) in [5, 5.41) is 0. The van der Waals surface area contributed by atoms with Crippen molar-refractivity contribution in [2.24, 2.45) is 5.73 Å². The molecule has 0 heterocycles. The Balaban J connectivity index is 3.07. The second kappa shape index (κ2) is 6.34. The van der Waals surface area contributed by atoms with Crippen molar-refractivity contribution in [3.8, 4) is 0 Å². The number of nitrogens with two attached hydrogens (primary N) is 1. The monoisotopic (exact) mass is 299 g/mol. The van der Waals surface area contributed by atoms with E-state index in [0.29, 0.717) is 5.56 Å². The number of benzene rings is 1. The van der Waals surface area contributed by atoms with Crippen LogP contribution in [0.25, 0.3) is 0 Å². The van der Waals surface area contributed by atoms with Crippen molar-refractivity contribution in [3.05, 3.63) is 29.8 Å². The average Bonchev–Trinajstić information content (AvgIpc) is 2.44. The Morgan fingerprint density at radius 2 is 1.70 bits per heavy atom. The van der Waals surface area contributed by atoms with E-state index in [2.05, 4.69) is 0 Å². The molecule has 0 aliphatic carbocycles. The average molecular weight is 299 g/mol. The molecule has 1 amide bonds. The summed E-state index contributed by atoms with van der Waals surface area (Å²) in [5.41, 5.74) is 5.94. The smallest absolute Gasteiger partial charge is 0.253 e. The van der Waals surface area contributed by atoms with Gasteiger partial charge >= 0.3 is 0 Å². The highest BCUT2D eigenvalue weighted by Gasteiger charge is 2.24. The third kappa shape index (κ3) is 3.36. The Hall–Kier alpha value is -1.44. The van der Waals surface area contributed by atoms with E-state index in [9.17, 15) is 13.2 Å². The highest BCUT2D eigenvalue weighted by atomic mass is 32.2. The Morgan fingerprint density at radius 1 is 1.20 bits per heavy atom. The number of hydrogen-bond donors (Lipinski definition) is 1. The third-order valence-electron chi connectivity index (χ3n) is 3.15. The number of sulfonamides is 1. The van der Waals surface area contributed by atoms with E-state index in [1.807, 2.05) is 0 Å². The van der Waals surface area contributed by atoms with Gasteiger partial charge in [-0.2, -0.15) is 4.31 Å². The van der Waals surface area contributed by atoms with Crippen molar-refractivity contribution in [1.82, 2.24) is 9.21 Å². The summed E-state index contributed by atoms with van der Waals surface area (Å²) < 4.78 is 25.9. The van der Waals surface area contributed by atoms with Gasteiger partial charge in [-0.15, -0.1) is 0 Å². The molecule has 0 aliphatic rings. The van der Waals surface area contributed by atoms with Crippen molar-refractivity contribution >= 4 is 15.9 Å². The maximum Gasteiger partial charge on any atom is 0.253 e. The van der Waals surface area contributed by atoms with Gasteiger partial charge in [0.1, 0.15) is 0 Å². The number of hydrogen-bond acceptors (Lipinski definition) is 4. The lowest BCUT2D eigenvalue weighted by Crippen LogP contribution is -2.39. The third-order valence-corrected chi connectivity index (χ3v) is 5.13. The number of likely N-dealkylation sites (N-methyl/N-ethyl adjacent to an activating group) is 1. The van der Waals surface area contributed by atoms with Crippen LogP contribution in [0.15, 0.2) is 29.2 Å². The van der Waals surface area contributed by atoms with Crippen LogP contribution in [-0.4, -0.2) is 57.3 Å². The molecule has 2 N–H and O–H groups in total. The quantitative estimate of drug-likeness (QED) is 0.850. The van der Waals surface area contributed by atoms with Crippen LogP contribution < -0.4 is 5.73 Å². The van der Waals surface area contributed by atoms with Crippen LogP contribution in [0, 0.1) is 0 Å². The second-order valence-electron chi connectivity index (χ2n) is 4.83. The lowest BCUT2D eigenvalue weighted by molar-refractivity contribution is 0.0827. The zero-order valence-electron chi connectivity index (χ0n) is 12.2. The second-order valence-corrected chi connectivity index (χ2v) is 6.83. The summed E-state index contributed by atoms with van der Waals surface area (Å²) in [6, 6.07) is 5.60. The highest BCUT2D eigenvalue weighted by Crippen LogP contribution is 2.17. The number of rotatable bonds is 5. The minimum Gasteiger partial charge on any atom is -0.345 e. The van der Waals surface area contributed by atoms with E-state index in [4.69, 9.17) is 5.73 Å². The van der Waals surface area contributed by atoms with Gasteiger partial charge in [-0.25, -0.2) is 8.42 Å². The number of amides is 1. The molecule has 0 saturated heterocycles. The van der Waals surface area contributed by atoms with Crippen LogP contribution in [-0.2, 0) is 10.0 Å². The standard InChI is InChI=1S/C13H21N3O3S/c1-10(9-14)16(4)20(18,19)12-7-5-11(6-8-12)13(17)15(2)3/h5-8,10H,9,14H2,1-4H3. The molecule has 1 atom stereocenters. The summed E-state index contributed by atoms with van der Waals surface area (Å²) >= 11 is 0. The fraction of sp³-hybridized carbons (Fsp3) is 0.462. The fourth-order valence-corrected chi connectivity index (χ4v) is 2.95. The SMILES string of the molecule is CC(CN)N(C)S(=O)(=O)c1ccc(C(=O)N(C)C)cc1. The van der Waals surface area contributed by atoms with E-state index in [-0.39, 0.29) is 23.4 Å². The first-order chi connectivity index (χ1) is 9.21. The van der Waals surface area contributed by atoms with E-state index < -0.39 is 10.0 Å². The highest BCUT2D eigenvalue weighted by molar-refractivity contribution is 7.89. The Morgan fingerprint density at radius 3 is 2.10 bits per heavy atom. The normalized spacial score (nSPS) is 13.3. The predicted molar refractivity (Wildman–Crippen MR) is 77.9 cm³/mol. The molecule has 0 fully saturated rings. The molecule has 1 aromatic rings. The van der Waals surface area contributed by atoms with Gasteiger partial charge in [0.05, 0.1) is 4.90 Å². The van der Waals surface area contributed by atoms with E-state index in [1.165, 1.54) is 40.5 Å². The van der Waals surface area contributed by atoms with Crippen LogP contribution in [0.5, 0.6) is 0 Å². The molecule has 112 valence electrons. The summed E-state index contributed by atoms with van der Waals surface area (Å²) in [6.07, 6.45) is 0. The lowest BCUT2D eigenvalue weighted by Gasteiger charge is -2.23. The predicted octanol–water partition coefficient (Wildman–Crippen LogP) is 0.356. The number of carbonyl (C=O) groups is 1. The van der Waals surface area contributed by atoms with Crippen LogP contribution >= 0.6 is 0 Å². The molecule has 6 nitrogen and oxygen atoms in total. The summed E-state index contributed by atoms with van der Waals surface area (Å²) in [5.74, 6) is -0.169. The van der Waals surface area contributed by atoms with E-state index >= 15 is 0 Å². The maximum absolute atomic E-state index is 12.3. The largest absolute Gasteiger partial charge is 0.345 e. The van der Waals surface area contributed by atoms with Crippen LogP contribution in [0.4, 0.5) is 0 Å². The molecule has 1 rings (SSSR count). The summed E-state index contributed by atoms with van der Waals surface area (Å²) in [4.78, 5) is 13.3. The molecule has 0 aliphatic heterocycles. The Bertz CT molecular complexity index is 567. The van der Waals surface area contributed by atoms with Gasteiger partial charge in [0, 0.05) is 39.3 Å². The van der Waals surface area contributed by atoms with Crippen molar-refractivity contribution < 1.29 is 13.2 Å². The topological polar surface area (TPSA) is 83.7 Å². The minimum atomic E-state index is -3.58. The lowest BCUT2D eigenvalue weighted by atomic mass is 10.2. The van der Waals surface area contributed by atoms with Gasteiger partial charge in [-0.3, -0.25) is 4.79 Å². The van der Waals surface area contributed by atoms with Gasteiger partial charge in [-0.1, -0.05) is 0 Å². The first kappa shape index (κ1) is 16.6. The molecule has 20 heavy (non-hydrogen) atoms. The summed E-state index contributed by atoms with van der Waals surface area (Å²) in [6.45, 7) is 1.98. The zero-order chi connectivity index (χ0) is 15.5. The maximum atomic E-state index is 12.3. The number of nitrogens with zero attached hydrogens (tertiary/aromatic N) is 2. The molecule has 7 heteroatoms. The van der Waals surface area contributed by atoms with Crippen molar-refractivity contribution in [3.63, 3.8) is 0 Å². The van der Waals surface area contributed by atoms with Crippen molar-refractivity contribution in [2.75, 3.05) is 27.7 Å². The molecule has 0 aromatic heterocycles. The zero-order valence-corrected chi connectivity index (χ0v) is 13.0. The van der Waals surface area contributed by atoms with E-state index in [1.54, 1.807) is 21.0 Å². The number of carbonyl (C=O) groups excluding carboxylic acids is 1. The molecule has 0 bridgehead atoms. The first-order valence-corrected chi connectivity index (χ1v) is 7.65. The van der Waals surface area contributed by atoms with Gasteiger partial charge < -0.3 is 10.6 Å².